The van der Waals surface area contributed by atoms with Crippen molar-refractivity contribution in [1.29, 1.82) is 0 Å². The maximum absolute atomic E-state index is 13.0. The fraction of sp³-hybridized carbons (Fsp3) is 0.381. The summed E-state index contributed by atoms with van der Waals surface area (Å²) >= 11 is 0. The van der Waals surface area contributed by atoms with E-state index in [2.05, 4.69) is 11.9 Å². The van der Waals surface area contributed by atoms with Gasteiger partial charge in [0.1, 0.15) is 11.3 Å². The number of nitrogens with zero attached hydrogens (tertiary/aromatic N) is 1. The lowest BCUT2D eigenvalue weighted by Crippen LogP contribution is -2.39. The number of esters is 1. The lowest BCUT2D eigenvalue weighted by molar-refractivity contribution is -0.141. The summed E-state index contributed by atoms with van der Waals surface area (Å²) in [5.74, 6) is -0.956. The minimum Gasteiger partial charge on any atom is -0.511 e. The van der Waals surface area contributed by atoms with Gasteiger partial charge >= 0.3 is 5.97 Å². The van der Waals surface area contributed by atoms with Gasteiger partial charge in [-0.1, -0.05) is 25.8 Å². The number of carbonyl (C=O) groups excluding carboxylic acids is 2. The van der Waals surface area contributed by atoms with Crippen molar-refractivity contribution in [3.63, 3.8) is 0 Å². The van der Waals surface area contributed by atoms with Crippen LogP contribution in [0.15, 0.2) is 35.2 Å². The van der Waals surface area contributed by atoms with Crippen molar-refractivity contribution in [3.8, 4) is 0 Å². The van der Waals surface area contributed by atoms with Crippen LogP contribution in [0.3, 0.4) is 0 Å². The number of unbranched alkanes of at least 4 members (excludes halogenated alkanes) is 2. The molecule has 1 unspecified atom stereocenters. The van der Waals surface area contributed by atoms with Gasteiger partial charge in [-0.3, -0.25) is 9.78 Å². The van der Waals surface area contributed by atoms with E-state index >= 15 is 0 Å². The largest absolute Gasteiger partial charge is 0.511 e. The van der Waals surface area contributed by atoms with Gasteiger partial charge < -0.3 is 9.84 Å². The van der Waals surface area contributed by atoms with Crippen LogP contribution in [0.4, 0.5) is 0 Å². The van der Waals surface area contributed by atoms with E-state index < -0.39 is 11.6 Å². The van der Waals surface area contributed by atoms with Crippen molar-refractivity contribution in [3.05, 3.63) is 52.1 Å². The number of aliphatic hydroxyl groups excluding tert-OH is 1. The van der Waals surface area contributed by atoms with Crippen LogP contribution in [-0.2, 0) is 9.53 Å². The lowest BCUT2D eigenvalue weighted by atomic mass is 9.78. The maximum Gasteiger partial charge on any atom is 0.343 e. The molecule has 26 heavy (non-hydrogen) atoms. The Morgan fingerprint density at radius 3 is 2.81 bits per heavy atom. The first-order valence-corrected chi connectivity index (χ1v) is 8.98. The zero-order valence-electron chi connectivity index (χ0n) is 15.3. The predicted molar refractivity (Wildman–Crippen MR) is 99.5 cm³/mol. The summed E-state index contributed by atoms with van der Waals surface area (Å²) < 4.78 is 5.42. The molecule has 0 aromatic carbocycles. The monoisotopic (exact) mass is 353 g/mol. The van der Waals surface area contributed by atoms with Crippen LogP contribution in [-0.4, -0.2) is 27.4 Å². The van der Waals surface area contributed by atoms with Crippen LogP contribution >= 0.6 is 0 Å². The summed E-state index contributed by atoms with van der Waals surface area (Å²) in [6, 6.07) is 1.80. The van der Waals surface area contributed by atoms with Crippen LogP contribution in [0.2, 0.25) is 0 Å². The highest BCUT2D eigenvalue weighted by atomic mass is 16.6. The summed E-state index contributed by atoms with van der Waals surface area (Å²) in [5.41, 5.74) is 0.995. The highest BCUT2D eigenvalue weighted by molar-refractivity contribution is 6.17. The molecular weight excluding hydrogens is 330 g/mol. The van der Waals surface area contributed by atoms with E-state index in [9.17, 15) is 14.7 Å². The molecule has 1 saturated heterocycles. The highest BCUT2D eigenvalue weighted by Gasteiger charge is 2.54. The summed E-state index contributed by atoms with van der Waals surface area (Å²) in [4.78, 5) is 29.7. The van der Waals surface area contributed by atoms with E-state index in [1.54, 1.807) is 19.1 Å². The molecule has 1 aromatic rings. The van der Waals surface area contributed by atoms with Gasteiger partial charge in [0.25, 0.3) is 0 Å². The first kappa shape index (κ1) is 18.1. The normalized spacial score (nSPS) is 23.6. The number of ketones is 1. The molecule has 1 atom stereocenters. The number of allylic oxidation sites excluding steroid dienone is 2. The number of aliphatic hydroxyl groups is 1. The maximum atomic E-state index is 13.0. The molecule has 0 saturated carbocycles. The highest BCUT2D eigenvalue weighted by Crippen LogP contribution is 2.45. The van der Waals surface area contributed by atoms with Gasteiger partial charge in [-0.15, -0.1) is 0 Å². The molecule has 0 amide bonds. The average Bonchev–Trinajstić information content (AvgIpc) is 2.86. The molecule has 1 fully saturated rings. The van der Waals surface area contributed by atoms with E-state index in [0.717, 1.165) is 25.0 Å². The van der Waals surface area contributed by atoms with E-state index in [0.29, 0.717) is 23.1 Å². The quantitative estimate of drug-likeness (QED) is 0.367. The van der Waals surface area contributed by atoms with Gasteiger partial charge in [-0.05, 0) is 44.1 Å². The SMILES string of the molecule is C/C=C/c1cc2c(cn1)C(=O)C1(C)OC(=O)C(=C(O)CCCCC)C1=C2. The Balaban J connectivity index is 2.11. The van der Waals surface area contributed by atoms with Crippen molar-refractivity contribution < 1.29 is 19.4 Å². The van der Waals surface area contributed by atoms with Crippen LogP contribution in [0.5, 0.6) is 0 Å². The molecule has 3 rings (SSSR count). The number of rotatable bonds is 5. The van der Waals surface area contributed by atoms with E-state index in [-0.39, 0.29) is 17.1 Å². The third kappa shape index (κ3) is 2.87. The Bertz CT molecular complexity index is 863. The number of hydrogen-bond donors (Lipinski definition) is 1. The van der Waals surface area contributed by atoms with Crippen LogP contribution < -0.4 is 0 Å². The van der Waals surface area contributed by atoms with Crippen molar-refractivity contribution in [1.82, 2.24) is 4.98 Å². The topological polar surface area (TPSA) is 76.5 Å². The number of pyridine rings is 1. The van der Waals surface area contributed by atoms with Gasteiger partial charge in [0, 0.05) is 23.8 Å². The summed E-state index contributed by atoms with van der Waals surface area (Å²) in [5, 5.41) is 10.5. The third-order valence-corrected chi connectivity index (χ3v) is 4.86. The molecular formula is C21H23NO4. The molecule has 0 spiro atoms. The van der Waals surface area contributed by atoms with Gasteiger partial charge in [-0.25, -0.2) is 4.79 Å². The number of hydrogen-bond acceptors (Lipinski definition) is 5. The third-order valence-electron chi connectivity index (χ3n) is 4.86. The summed E-state index contributed by atoms with van der Waals surface area (Å²) in [6.45, 7) is 5.54. The van der Waals surface area contributed by atoms with Crippen molar-refractivity contribution >= 4 is 23.9 Å². The Morgan fingerprint density at radius 1 is 1.35 bits per heavy atom. The molecule has 0 radical (unpaired) electrons. The van der Waals surface area contributed by atoms with Crippen LogP contribution in [0.25, 0.3) is 12.2 Å². The van der Waals surface area contributed by atoms with Crippen LogP contribution in [0, 0.1) is 0 Å². The zero-order chi connectivity index (χ0) is 18.9. The van der Waals surface area contributed by atoms with Crippen LogP contribution in [0.1, 0.15) is 68.1 Å². The van der Waals surface area contributed by atoms with Gasteiger partial charge in [-0.2, -0.15) is 0 Å². The number of carbonyl (C=O) groups is 2. The van der Waals surface area contributed by atoms with Crippen molar-refractivity contribution in [2.75, 3.05) is 0 Å². The minimum atomic E-state index is -1.40. The van der Waals surface area contributed by atoms with Gasteiger partial charge in [0.05, 0.1) is 5.69 Å². The number of ether oxygens (including phenoxy) is 1. The van der Waals surface area contributed by atoms with Gasteiger partial charge in [0.15, 0.2) is 5.60 Å². The Hall–Kier alpha value is -2.69. The molecule has 1 aliphatic heterocycles. The first-order valence-electron chi connectivity index (χ1n) is 8.98. The lowest BCUT2D eigenvalue weighted by Gasteiger charge is -2.27. The molecule has 5 nitrogen and oxygen atoms in total. The summed E-state index contributed by atoms with van der Waals surface area (Å²) in [6.07, 6.45) is 10.1. The molecule has 1 aromatic heterocycles. The smallest absolute Gasteiger partial charge is 0.343 e. The number of Topliss-reactive ketones (excluding diaryl/α,β-unsaturated/α-hetero) is 1. The predicted octanol–water partition coefficient (Wildman–Crippen LogP) is 4.40. The molecule has 2 aliphatic rings. The average molecular weight is 353 g/mol. The van der Waals surface area contributed by atoms with E-state index in [1.165, 1.54) is 6.20 Å². The number of fused-ring (bicyclic) bond motifs is 2. The molecule has 136 valence electrons. The second-order valence-corrected chi connectivity index (χ2v) is 6.79. The van der Waals surface area contributed by atoms with Crippen molar-refractivity contribution in [2.45, 2.75) is 52.1 Å². The zero-order valence-corrected chi connectivity index (χ0v) is 15.3. The Morgan fingerprint density at radius 2 is 2.12 bits per heavy atom. The molecule has 5 heteroatoms. The van der Waals surface area contributed by atoms with Gasteiger partial charge in [0.2, 0.25) is 5.78 Å². The molecule has 0 bridgehead atoms. The fourth-order valence-electron chi connectivity index (χ4n) is 3.43. The first-order chi connectivity index (χ1) is 12.4. The van der Waals surface area contributed by atoms with E-state index in [1.807, 2.05) is 19.1 Å². The summed E-state index contributed by atoms with van der Waals surface area (Å²) in [7, 11) is 0. The second-order valence-electron chi connectivity index (χ2n) is 6.79. The second kappa shape index (κ2) is 6.90. The minimum absolute atomic E-state index is 0.00240. The van der Waals surface area contributed by atoms with Crippen molar-refractivity contribution in [2.24, 2.45) is 0 Å². The molecule has 1 N–H and O–H groups in total. The molecule has 2 heterocycles. The number of aromatic nitrogens is 1. The molecule has 1 aliphatic carbocycles. The Labute approximate surface area is 153 Å². The standard InChI is InChI=1S/C21H23NO4/c1-4-6-7-9-17(23)18-16-11-13-10-14(8-5-2)22-12-15(13)19(24)21(16,3)26-20(18)25/h5,8,10-12,23H,4,6-7,9H2,1-3H3/b8-5+,18-17?. The van der Waals surface area contributed by atoms with E-state index in [4.69, 9.17) is 4.74 Å². The fourth-order valence-corrected chi connectivity index (χ4v) is 3.43. The Kier molecular flexibility index (Phi) is 4.81.